The zero-order valence-electron chi connectivity index (χ0n) is 22.2. The number of aromatic nitrogens is 3. The molecule has 2 aromatic carbocycles. The minimum Gasteiger partial charge on any atom is -0.495 e. The number of rotatable bonds is 6. The van der Waals surface area contributed by atoms with Crippen LogP contribution in [0.3, 0.4) is 0 Å². The van der Waals surface area contributed by atoms with E-state index >= 15 is 0 Å². The SMILES string of the molecule is COc1ccc(-c2c(C(=O)Nc3cccc(C)c3C)nn3c(C)cc(C)nc23)cc1S(=O)(=O)N1CCCC1. The minimum atomic E-state index is -3.80. The fraction of sp³-hybridized carbons (Fsp3) is 0.321. The number of nitrogens with one attached hydrogen (secondary N) is 1. The van der Waals surface area contributed by atoms with Crippen LogP contribution in [-0.4, -0.2) is 53.4 Å². The third kappa shape index (κ3) is 4.43. The van der Waals surface area contributed by atoms with E-state index in [0.717, 1.165) is 35.4 Å². The van der Waals surface area contributed by atoms with E-state index in [1.807, 2.05) is 52.0 Å². The number of methoxy groups -OCH3 is 1. The zero-order chi connectivity index (χ0) is 27.2. The Labute approximate surface area is 222 Å². The summed E-state index contributed by atoms with van der Waals surface area (Å²) in [5.74, 6) is -0.158. The van der Waals surface area contributed by atoms with Crippen molar-refractivity contribution in [2.24, 2.45) is 0 Å². The summed E-state index contributed by atoms with van der Waals surface area (Å²) in [4.78, 5) is 18.4. The average molecular weight is 534 g/mol. The summed E-state index contributed by atoms with van der Waals surface area (Å²) in [6, 6.07) is 12.5. The number of anilines is 1. The fourth-order valence-electron chi connectivity index (χ4n) is 4.92. The Morgan fingerprint density at radius 3 is 2.47 bits per heavy atom. The maximum Gasteiger partial charge on any atom is 0.276 e. The van der Waals surface area contributed by atoms with E-state index in [1.165, 1.54) is 11.4 Å². The molecule has 38 heavy (non-hydrogen) atoms. The number of hydrogen-bond acceptors (Lipinski definition) is 6. The lowest BCUT2D eigenvalue weighted by atomic mass is 10.0. The van der Waals surface area contributed by atoms with Crippen LogP contribution in [0.4, 0.5) is 5.69 Å². The van der Waals surface area contributed by atoms with E-state index in [0.29, 0.717) is 35.6 Å². The van der Waals surface area contributed by atoms with Crippen molar-refractivity contribution in [2.75, 3.05) is 25.5 Å². The molecule has 0 spiro atoms. The summed E-state index contributed by atoms with van der Waals surface area (Å²) in [5.41, 5.74) is 5.87. The topological polar surface area (TPSA) is 106 Å². The molecule has 1 saturated heterocycles. The van der Waals surface area contributed by atoms with Crippen LogP contribution < -0.4 is 10.1 Å². The quantitative estimate of drug-likeness (QED) is 0.386. The number of hydrogen-bond donors (Lipinski definition) is 1. The normalized spacial score (nSPS) is 14.2. The van der Waals surface area contributed by atoms with Crippen LogP contribution >= 0.6 is 0 Å². The minimum absolute atomic E-state index is 0.0593. The van der Waals surface area contributed by atoms with E-state index in [4.69, 9.17) is 9.72 Å². The van der Waals surface area contributed by atoms with Gasteiger partial charge in [0.1, 0.15) is 10.6 Å². The second kappa shape index (κ2) is 9.85. The van der Waals surface area contributed by atoms with Crippen molar-refractivity contribution in [3.05, 3.63) is 70.7 Å². The Morgan fingerprint density at radius 1 is 1.03 bits per heavy atom. The number of nitrogens with zero attached hydrogens (tertiary/aromatic N) is 4. The van der Waals surface area contributed by atoms with Crippen LogP contribution in [0.1, 0.15) is 45.8 Å². The maximum atomic E-state index is 13.7. The first-order valence-corrected chi connectivity index (χ1v) is 14.0. The van der Waals surface area contributed by atoms with Gasteiger partial charge in [0.2, 0.25) is 10.0 Å². The van der Waals surface area contributed by atoms with Crippen LogP contribution in [-0.2, 0) is 10.0 Å². The Kier molecular flexibility index (Phi) is 6.70. The van der Waals surface area contributed by atoms with Gasteiger partial charge in [-0.3, -0.25) is 4.79 Å². The standard InChI is InChI=1S/C28H31N5O4S/c1-17-9-8-10-22(20(17)4)30-28(34)26-25(27-29-18(2)15-19(3)33(27)31-26)21-11-12-23(37-5)24(16-21)38(35,36)32-13-6-7-14-32/h8-12,15-16H,6-7,13-14H2,1-5H3,(H,30,34). The highest BCUT2D eigenvalue weighted by Gasteiger charge is 2.32. The Balaban J connectivity index is 1.71. The Morgan fingerprint density at radius 2 is 1.76 bits per heavy atom. The van der Waals surface area contributed by atoms with Crippen LogP contribution in [0.2, 0.25) is 0 Å². The molecule has 0 radical (unpaired) electrons. The molecule has 0 saturated carbocycles. The molecule has 0 atom stereocenters. The molecule has 1 N–H and O–H groups in total. The number of sulfonamides is 1. The summed E-state index contributed by atoms with van der Waals surface area (Å²) in [7, 11) is -2.35. The molecule has 9 nitrogen and oxygen atoms in total. The largest absolute Gasteiger partial charge is 0.495 e. The van der Waals surface area contributed by atoms with E-state index in [2.05, 4.69) is 10.4 Å². The third-order valence-corrected chi connectivity index (χ3v) is 9.02. The number of carbonyl (C=O) groups excluding carboxylic acids is 1. The van der Waals surface area contributed by atoms with Gasteiger partial charge in [-0.1, -0.05) is 18.2 Å². The molecule has 4 aromatic rings. The van der Waals surface area contributed by atoms with Crippen molar-refractivity contribution in [1.82, 2.24) is 18.9 Å². The van der Waals surface area contributed by atoms with Gasteiger partial charge in [0.15, 0.2) is 11.3 Å². The highest BCUT2D eigenvalue weighted by molar-refractivity contribution is 7.89. The number of benzene rings is 2. The zero-order valence-corrected chi connectivity index (χ0v) is 23.0. The molecule has 1 aliphatic heterocycles. The van der Waals surface area contributed by atoms with Gasteiger partial charge >= 0.3 is 0 Å². The first kappa shape index (κ1) is 25.9. The maximum absolute atomic E-state index is 13.7. The predicted octanol–water partition coefficient (Wildman–Crippen LogP) is 4.68. The molecule has 10 heteroatoms. The molecule has 198 valence electrons. The van der Waals surface area contributed by atoms with Gasteiger partial charge < -0.3 is 10.1 Å². The van der Waals surface area contributed by atoms with Crippen LogP contribution in [0, 0.1) is 27.7 Å². The number of fused-ring (bicyclic) bond motifs is 1. The van der Waals surface area contributed by atoms with Crippen molar-refractivity contribution in [2.45, 2.75) is 45.4 Å². The van der Waals surface area contributed by atoms with E-state index in [1.54, 1.807) is 22.7 Å². The van der Waals surface area contributed by atoms with Crippen molar-refractivity contribution in [1.29, 1.82) is 0 Å². The number of aryl methyl sites for hydroxylation is 3. The molecule has 1 fully saturated rings. The summed E-state index contributed by atoms with van der Waals surface area (Å²) >= 11 is 0. The van der Waals surface area contributed by atoms with Crippen LogP contribution in [0.25, 0.3) is 16.8 Å². The first-order chi connectivity index (χ1) is 18.1. The van der Waals surface area contributed by atoms with Crippen molar-refractivity contribution in [3.8, 4) is 16.9 Å². The number of ether oxygens (including phenoxy) is 1. The highest BCUT2D eigenvalue weighted by Crippen LogP contribution is 2.36. The summed E-state index contributed by atoms with van der Waals surface area (Å²) in [5, 5.41) is 7.63. The molecule has 1 aliphatic rings. The number of carbonyl (C=O) groups is 1. The van der Waals surface area contributed by atoms with Gasteiger partial charge in [-0.25, -0.2) is 17.9 Å². The third-order valence-electron chi connectivity index (χ3n) is 7.10. The van der Waals surface area contributed by atoms with Crippen molar-refractivity contribution < 1.29 is 17.9 Å². The lowest BCUT2D eigenvalue weighted by molar-refractivity contribution is 0.102. The Hall–Kier alpha value is -3.76. The molecule has 3 heterocycles. The van der Waals surface area contributed by atoms with Gasteiger partial charge in [-0.05, 0) is 81.5 Å². The van der Waals surface area contributed by atoms with Crippen molar-refractivity contribution >= 4 is 27.3 Å². The van der Waals surface area contributed by atoms with Crippen LogP contribution in [0.15, 0.2) is 47.4 Å². The van der Waals surface area contributed by atoms with E-state index < -0.39 is 15.9 Å². The molecule has 5 rings (SSSR count). The lowest BCUT2D eigenvalue weighted by Gasteiger charge is -2.18. The van der Waals surface area contributed by atoms with E-state index in [-0.39, 0.29) is 16.3 Å². The van der Waals surface area contributed by atoms with Gasteiger partial charge in [-0.2, -0.15) is 9.40 Å². The molecule has 2 aromatic heterocycles. The second-order valence-corrected chi connectivity index (χ2v) is 11.6. The lowest BCUT2D eigenvalue weighted by Crippen LogP contribution is -2.28. The summed E-state index contributed by atoms with van der Waals surface area (Å²) in [6.07, 6.45) is 1.64. The summed E-state index contributed by atoms with van der Waals surface area (Å²) < 4.78 is 35.7. The molecular weight excluding hydrogens is 502 g/mol. The molecule has 1 amide bonds. The molecule has 0 bridgehead atoms. The summed E-state index contributed by atoms with van der Waals surface area (Å²) in [6.45, 7) is 8.63. The molecule has 0 unspecified atom stereocenters. The van der Waals surface area contributed by atoms with Gasteiger partial charge in [0.05, 0.1) is 12.7 Å². The second-order valence-electron chi connectivity index (χ2n) is 9.68. The predicted molar refractivity (Wildman–Crippen MR) is 146 cm³/mol. The van der Waals surface area contributed by atoms with Gasteiger partial charge in [-0.15, -0.1) is 0 Å². The van der Waals surface area contributed by atoms with E-state index in [9.17, 15) is 13.2 Å². The monoisotopic (exact) mass is 533 g/mol. The van der Waals surface area contributed by atoms with Crippen LogP contribution in [0.5, 0.6) is 5.75 Å². The van der Waals surface area contributed by atoms with Gasteiger partial charge in [0.25, 0.3) is 5.91 Å². The smallest absolute Gasteiger partial charge is 0.276 e. The average Bonchev–Trinajstić information content (AvgIpc) is 3.56. The Bertz CT molecular complexity index is 1670. The van der Waals surface area contributed by atoms with Gasteiger partial charge in [0, 0.05) is 30.2 Å². The highest BCUT2D eigenvalue weighted by atomic mass is 32.2. The first-order valence-electron chi connectivity index (χ1n) is 12.5. The van der Waals surface area contributed by atoms with Crippen molar-refractivity contribution in [3.63, 3.8) is 0 Å². The molecular formula is C28H31N5O4S. The number of amides is 1. The molecule has 0 aliphatic carbocycles. The fourth-order valence-corrected chi connectivity index (χ4v) is 6.61.